The number of methoxy groups -OCH3 is 1. The molecule has 0 spiro atoms. The van der Waals surface area contributed by atoms with Crippen LogP contribution < -0.4 is 19.1 Å². The molecule has 0 aliphatic rings. The van der Waals surface area contributed by atoms with Crippen molar-refractivity contribution in [3.05, 3.63) is 78.4 Å². The Bertz CT molecular complexity index is 967. The molecular formula is C25H28F2NO4+. The van der Waals surface area contributed by atoms with Crippen molar-refractivity contribution in [2.75, 3.05) is 27.3 Å². The minimum Gasteiger partial charge on any atom is -0.493 e. The van der Waals surface area contributed by atoms with E-state index in [0.717, 1.165) is 21.6 Å². The Balaban J connectivity index is 1.48. The number of hydrogen-bond acceptors (Lipinski definition) is 4. The molecule has 5 nitrogen and oxygen atoms in total. The lowest BCUT2D eigenvalue weighted by Gasteiger charge is -2.19. The summed E-state index contributed by atoms with van der Waals surface area (Å²) in [5.41, 5.74) is 3.11. The van der Waals surface area contributed by atoms with Crippen LogP contribution in [0.4, 0.5) is 8.78 Å². The van der Waals surface area contributed by atoms with E-state index < -0.39 is 12.7 Å². The van der Waals surface area contributed by atoms with Gasteiger partial charge >= 0.3 is 6.61 Å². The lowest BCUT2D eigenvalue weighted by Crippen LogP contribution is -3.09. The van der Waals surface area contributed by atoms with Crippen LogP contribution in [-0.4, -0.2) is 45.1 Å². The Kier molecular flexibility index (Phi) is 8.41. The number of aliphatic hydroxyl groups excluding tert-OH is 1. The summed E-state index contributed by atoms with van der Waals surface area (Å²) in [6, 6.07) is 22.7. The largest absolute Gasteiger partial charge is 0.493 e. The second-order valence-corrected chi connectivity index (χ2v) is 7.56. The molecule has 0 amide bonds. The van der Waals surface area contributed by atoms with Crippen LogP contribution in [0.1, 0.15) is 5.56 Å². The van der Waals surface area contributed by atoms with Gasteiger partial charge in [-0.2, -0.15) is 8.78 Å². The zero-order valence-corrected chi connectivity index (χ0v) is 18.1. The molecule has 0 aliphatic carbocycles. The van der Waals surface area contributed by atoms with Crippen LogP contribution in [-0.2, 0) is 6.54 Å². The Hall–Kier alpha value is -3.16. The van der Waals surface area contributed by atoms with Gasteiger partial charge in [0.05, 0.1) is 14.2 Å². The predicted octanol–water partition coefficient (Wildman–Crippen LogP) is 3.42. The topological polar surface area (TPSA) is 52.4 Å². The second kappa shape index (κ2) is 11.5. The first-order chi connectivity index (χ1) is 15.4. The molecule has 2 N–H and O–H groups in total. The Morgan fingerprint density at radius 2 is 1.59 bits per heavy atom. The molecule has 3 aromatic rings. The number of ether oxygens (including phenoxy) is 3. The van der Waals surface area contributed by atoms with E-state index in [4.69, 9.17) is 9.47 Å². The van der Waals surface area contributed by atoms with E-state index in [1.165, 1.54) is 13.2 Å². The molecule has 3 aromatic carbocycles. The molecule has 0 aromatic heterocycles. The molecular weight excluding hydrogens is 416 g/mol. The highest BCUT2D eigenvalue weighted by atomic mass is 19.3. The minimum atomic E-state index is -2.91. The normalized spacial score (nSPS) is 12.9. The maximum atomic E-state index is 12.5. The monoisotopic (exact) mass is 444 g/mol. The van der Waals surface area contributed by atoms with Crippen molar-refractivity contribution in [1.82, 2.24) is 0 Å². The van der Waals surface area contributed by atoms with Crippen molar-refractivity contribution in [2.45, 2.75) is 19.3 Å². The number of nitrogens with one attached hydrogen (secondary N) is 1. The van der Waals surface area contributed by atoms with E-state index in [1.54, 1.807) is 12.1 Å². The van der Waals surface area contributed by atoms with Crippen LogP contribution >= 0.6 is 0 Å². The molecule has 7 heteroatoms. The number of halogens is 2. The molecule has 2 atom stereocenters. The smallest absolute Gasteiger partial charge is 0.387 e. The Morgan fingerprint density at radius 3 is 2.25 bits per heavy atom. The second-order valence-electron chi connectivity index (χ2n) is 7.56. The van der Waals surface area contributed by atoms with E-state index in [1.807, 2.05) is 61.6 Å². The van der Waals surface area contributed by atoms with Crippen molar-refractivity contribution >= 4 is 0 Å². The van der Waals surface area contributed by atoms with Gasteiger partial charge in [0.2, 0.25) is 0 Å². The highest BCUT2D eigenvalue weighted by Crippen LogP contribution is 2.29. The highest BCUT2D eigenvalue weighted by Gasteiger charge is 2.16. The lowest BCUT2D eigenvalue weighted by atomic mass is 10.1. The fraction of sp³-hybridized carbons (Fsp3) is 0.280. The summed E-state index contributed by atoms with van der Waals surface area (Å²) in [6.07, 6.45) is -0.660. The average Bonchev–Trinajstić information content (AvgIpc) is 2.79. The first-order valence-electron chi connectivity index (χ1n) is 10.3. The summed E-state index contributed by atoms with van der Waals surface area (Å²) in [4.78, 5) is 1.03. The van der Waals surface area contributed by atoms with E-state index >= 15 is 0 Å². The van der Waals surface area contributed by atoms with Crippen LogP contribution in [0.25, 0.3) is 11.1 Å². The number of quaternary nitrogens is 1. The summed E-state index contributed by atoms with van der Waals surface area (Å²) < 4.78 is 40.2. The highest BCUT2D eigenvalue weighted by molar-refractivity contribution is 5.63. The van der Waals surface area contributed by atoms with Gasteiger partial charge in [0.15, 0.2) is 11.5 Å². The van der Waals surface area contributed by atoms with Crippen LogP contribution in [0, 0.1) is 0 Å². The van der Waals surface area contributed by atoms with Crippen molar-refractivity contribution in [2.24, 2.45) is 0 Å². The number of rotatable bonds is 11. The molecule has 170 valence electrons. The van der Waals surface area contributed by atoms with Gasteiger partial charge in [0.1, 0.15) is 31.5 Å². The first kappa shape index (κ1) is 23.5. The molecule has 0 saturated heterocycles. The van der Waals surface area contributed by atoms with Crippen molar-refractivity contribution in [3.63, 3.8) is 0 Å². The van der Waals surface area contributed by atoms with Crippen LogP contribution in [0.5, 0.6) is 17.2 Å². The van der Waals surface area contributed by atoms with Crippen LogP contribution in [0.3, 0.4) is 0 Å². The Labute approximate surface area is 186 Å². The van der Waals surface area contributed by atoms with Crippen molar-refractivity contribution < 1.29 is 33.0 Å². The summed E-state index contributed by atoms with van der Waals surface area (Å²) in [7, 11) is 3.34. The van der Waals surface area contributed by atoms with Gasteiger partial charge in [0.25, 0.3) is 0 Å². The van der Waals surface area contributed by atoms with Gasteiger partial charge < -0.3 is 24.2 Å². The number of benzene rings is 3. The number of alkyl halides is 2. The standard InChI is InChI=1S/C25H27F2NO4/c1-28(15-18-8-13-23(32-25(26)27)24(14-18)30-2)16-21(29)17-31-22-11-9-20(10-12-22)19-6-4-3-5-7-19/h3-14,21,25,29H,15-17H2,1-2H3/p+1/t21-/m0/s1. The SMILES string of the molecule is COc1cc(C[NH+](C)C[C@H](O)COc2ccc(-c3ccccc3)cc2)ccc1OC(F)F. The summed E-state index contributed by atoms with van der Waals surface area (Å²) in [5.74, 6) is 0.940. The van der Waals surface area contributed by atoms with Gasteiger partial charge in [-0.25, -0.2) is 0 Å². The van der Waals surface area contributed by atoms with Gasteiger partial charge in [-0.1, -0.05) is 42.5 Å². The summed E-state index contributed by atoms with van der Waals surface area (Å²) in [5, 5.41) is 10.4. The van der Waals surface area contributed by atoms with Crippen LogP contribution in [0.2, 0.25) is 0 Å². The van der Waals surface area contributed by atoms with Gasteiger partial charge in [-0.05, 0) is 41.5 Å². The third-order valence-corrected chi connectivity index (χ3v) is 4.94. The predicted molar refractivity (Wildman–Crippen MR) is 118 cm³/mol. The number of aliphatic hydroxyl groups is 1. The van der Waals surface area contributed by atoms with E-state index in [2.05, 4.69) is 4.74 Å². The fourth-order valence-corrected chi connectivity index (χ4v) is 3.46. The fourth-order valence-electron chi connectivity index (χ4n) is 3.46. The minimum absolute atomic E-state index is 0.00405. The Morgan fingerprint density at radius 1 is 0.906 bits per heavy atom. The average molecular weight is 444 g/mol. The van der Waals surface area contributed by atoms with Gasteiger partial charge in [0, 0.05) is 5.56 Å². The summed E-state index contributed by atoms with van der Waals surface area (Å²) >= 11 is 0. The zero-order valence-electron chi connectivity index (χ0n) is 18.1. The van der Waals surface area contributed by atoms with Crippen molar-refractivity contribution in [1.29, 1.82) is 0 Å². The third kappa shape index (κ3) is 6.93. The molecule has 0 fully saturated rings. The first-order valence-corrected chi connectivity index (χ1v) is 10.3. The molecule has 3 rings (SSSR count). The lowest BCUT2D eigenvalue weighted by molar-refractivity contribution is -0.897. The van der Waals surface area contributed by atoms with E-state index in [9.17, 15) is 13.9 Å². The summed E-state index contributed by atoms with van der Waals surface area (Å²) in [6.45, 7) is -1.70. The molecule has 0 radical (unpaired) electrons. The maximum absolute atomic E-state index is 12.5. The zero-order chi connectivity index (χ0) is 22.9. The van der Waals surface area contributed by atoms with E-state index in [-0.39, 0.29) is 18.1 Å². The number of likely N-dealkylation sites (N-methyl/N-ethyl adjacent to an activating group) is 1. The van der Waals surface area contributed by atoms with Crippen molar-refractivity contribution in [3.8, 4) is 28.4 Å². The quantitative estimate of drug-likeness (QED) is 0.476. The molecule has 0 heterocycles. The van der Waals surface area contributed by atoms with Gasteiger partial charge in [-0.15, -0.1) is 0 Å². The van der Waals surface area contributed by atoms with Crippen LogP contribution in [0.15, 0.2) is 72.8 Å². The third-order valence-electron chi connectivity index (χ3n) is 4.94. The molecule has 0 aliphatic heterocycles. The molecule has 0 saturated carbocycles. The molecule has 0 bridgehead atoms. The number of hydrogen-bond donors (Lipinski definition) is 2. The molecule has 1 unspecified atom stereocenters. The molecule has 32 heavy (non-hydrogen) atoms. The van der Waals surface area contributed by atoms with E-state index in [0.29, 0.717) is 18.8 Å². The maximum Gasteiger partial charge on any atom is 0.387 e. The van der Waals surface area contributed by atoms with Gasteiger partial charge in [-0.3, -0.25) is 0 Å².